The van der Waals surface area contributed by atoms with Gasteiger partial charge in [-0.25, -0.2) is 0 Å². The lowest BCUT2D eigenvalue weighted by Crippen LogP contribution is -2.26. The topological polar surface area (TPSA) is 74.6 Å². The van der Waals surface area contributed by atoms with Gasteiger partial charge in [0.05, 0.1) is 5.41 Å². The second-order valence-electron chi connectivity index (χ2n) is 7.30. The van der Waals surface area contributed by atoms with Crippen molar-refractivity contribution in [2.75, 3.05) is 0 Å². The summed E-state index contributed by atoms with van der Waals surface area (Å²) in [5.41, 5.74) is -0.495. The molecule has 0 bridgehead atoms. The molecule has 0 saturated carbocycles. The van der Waals surface area contributed by atoms with Crippen LogP contribution < -0.4 is 0 Å². The van der Waals surface area contributed by atoms with E-state index in [-0.39, 0.29) is 0 Å². The molecule has 150 valence electrons. The van der Waals surface area contributed by atoms with Gasteiger partial charge in [-0.2, -0.15) is 0 Å². The van der Waals surface area contributed by atoms with Crippen molar-refractivity contribution in [2.45, 2.75) is 118 Å². The van der Waals surface area contributed by atoms with Gasteiger partial charge in [0, 0.05) is 6.42 Å². The van der Waals surface area contributed by atoms with E-state index < -0.39 is 17.4 Å². The number of carboxylic acids is 2. The second-order valence-corrected chi connectivity index (χ2v) is 7.30. The average Bonchev–Trinajstić information content (AvgIpc) is 2.57. The average molecular weight is 359 g/mol. The maximum Gasteiger partial charge on any atom is 0.309 e. The molecular formula is C21H42O4. The third kappa shape index (κ3) is 17.6. The molecule has 0 rings (SSSR count). The van der Waals surface area contributed by atoms with Crippen molar-refractivity contribution in [3.8, 4) is 0 Å². The maximum absolute atomic E-state index is 11.0. The van der Waals surface area contributed by atoms with Crippen molar-refractivity contribution in [2.24, 2.45) is 5.41 Å². The summed E-state index contributed by atoms with van der Waals surface area (Å²) in [4.78, 5) is 21.1. The molecule has 1 atom stereocenters. The van der Waals surface area contributed by atoms with Crippen LogP contribution in [0.15, 0.2) is 0 Å². The van der Waals surface area contributed by atoms with E-state index in [4.69, 9.17) is 10.2 Å². The van der Waals surface area contributed by atoms with Crippen molar-refractivity contribution in [3.05, 3.63) is 0 Å². The van der Waals surface area contributed by atoms with E-state index in [1.54, 1.807) is 0 Å². The Labute approximate surface area is 155 Å². The highest BCUT2D eigenvalue weighted by molar-refractivity contribution is 5.73. The highest BCUT2D eigenvalue weighted by atomic mass is 16.4. The van der Waals surface area contributed by atoms with Crippen LogP contribution in [0, 0.1) is 5.41 Å². The van der Waals surface area contributed by atoms with Crippen molar-refractivity contribution in [1.29, 1.82) is 0 Å². The zero-order chi connectivity index (χ0) is 19.6. The van der Waals surface area contributed by atoms with Crippen LogP contribution in [0.3, 0.4) is 0 Å². The van der Waals surface area contributed by atoms with Crippen LogP contribution in [-0.2, 0) is 9.59 Å². The number of aliphatic carboxylic acids is 2. The van der Waals surface area contributed by atoms with E-state index in [0.717, 1.165) is 32.1 Å². The summed E-state index contributed by atoms with van der Waals surface area (Å²) < 4.78 is 0. The highest BCUT2D eigenvalue weighted by Crippen LogP contribution is 2.28. The molecule has 0 heterocycles. The summed E-state index contributed by atoms with van der Waals surface area (Å²) in [6.07, 6.45) is 14.8. The Morgan fingerprint density at radius 3 is 1.56 bits per heavy atom. The first-order valence-electron chi connectivity index (χ1n) is 10.3. The number of rotatable bonds is 15. The molecule has 0 aromatic rings. The molecule has 2 N–H and O–H groups in total. The summed E-state index contributed by atoms with van der Waals surface area (Å²) in [5, 5.41) is 17.3. The van der Waals surface area contributed by atoms with Crippen molar-refractivity contribution >= 4 is 11.9 Å². The van der Waals surface area contributed by atoms with Crippen LogP contribution in [0.4, 0.5) is 0 Å². The minimum atomic E-state index is -0.670. The lowest BCUT2D eigenvalue weighted by atomic mass is 9.82. The van der Waals surface area contributed by atoms with Gasteiger partial charge in [-0.3, -0.25) is 9.59 Å². The molecule has 0 radical (unpaired) electrons. The molecule has 0 aliphatic carbocycles. The SMILES string of the molecule is CCCCCCCC(=O)O.CCCCCCCCC(C)(CC)C(=O)O. The van der Waals surface area contributed by atoms with Gasteiger partial charge in [-0.1, -0.05) is 85.0 Å². The fraction of sp³-hybridized carbons (Fsp3) is 0.905. The summed E-state index contributed by atoms with van der Waals surface area (Å²) in [5.74, 6) is -1.31. The molecule has 4 heteroatoms. The highest BCUT2D eigenvalue weighted by Gasteiger charge is 2.29. The summed E-state index contributed by atoms with van der Waals surface area (Å²) in [6, 6.07) is 0. The Balaban J connectivity index is 0. The molecular weight excluding hydrogens is 316 g/mol. The first-order valence-corrected chi connectivity index (χ1v) is 10.3. The first kappa shape index (κ1) is 26.2. The molecule has 25 heavy (non-hydrogen) atoms. The molecule has 1 unspecified atom stereocenters. The van der Waals surface area contributed by atoms with E-state index in [0.29, 0.717) is 6.42 Å². The Bertz CT molecular complexity index is 328. The van der Waals surface area contributed by atoms with Gasteiger partial charge in [0.15, 0.2) is 0 Å². The predicted molar refractivity (Wildman–Crippen MR) is 105 cm³/mol. The molecule has 0 aliphatic heterocycles. The van der Waals surface area contributed by atoms with Crippen molar-refractivity contribution in [3.63, 3.8) is 0 Å². The standard InChI is InChI=1S/C13H26O2.C8H16O2/c1-4-6-7-8-9-10-11-13(3,5-2)12(14)15;1-2-3-4-5-6-7-8(9)10/h4-11H2,1-3H3,(H,14,15);2-7H2,1H3,(H,9,10). The number of carboxylic acid groups (broad SMARTS) is 2. The van der Waals surface area contributed by atoms with Crippen LogP contribution in [0.1, 0.15) is 118 Å². The minimum absolute atomic E-state index is 0.337. The first-order chi connectivity index (χ1) is 11.8. The molecule has 0 aliphatic rings. The normalized spacial score (nSPS) is 12.8. The molecule has 0 amide bonds. The van der Waals surface area contributed by atoms with Crippen LogP contribution in [0.5, 0.6) is 0 Å². The second kappa shape index (κ2) is 17.8. The van der Waals surface area contributed by atoms with Crippen molar-refractivity contribution in [1.82, 2.24) is 0 Å². The fourth-order valence-electron chi connectivity index (χ4n) is 2.61. The van der Waals surface area contributed by atoms with Gasteiger partial charge in [-0.05, 0) is 26.2 Å². The summed E-state index contributed by atoms with van der Waals surface area (Å²) >= 11 is 0. The zero-order valence-corrected chi connectivity index (χ0v) is 17.1. The summed E-state index contributed by atoms with van der Waals surface area (Å²) in [6.45, 7) is 8.18. The van der Waals surface area contributed by atoms with E-state index in [9.17, 15) is 9.59 Å². The maximum atomic E-state index is 11.0. The van der Waals surface area contributed by atoms with E-state index >= 15 is 0 Å². The molecule has 0 fully saturated rings. The number of carbonyl (C=O) groups is 2. The van der Waals surface area contributed by atoms with E-state index in [2.05, 4.69) is 13.8 Å². The van der Waals surface area contributed by atoms with Gasteiger partial charge >= 0.3 is 11.9 Å². The van der Waals surface area contributed by atoms with E-state index in [1.165, 1.54) is 51.4 Å². The van der Waals surface area contributed by atoms with Gasteiger partial charge in [0.25, 0.3) is 0 Å². The van der Waals surface area contributed by atoms with Gasteiger partial charge in [0.1, 0.15) is 0 Å². The third-order valence-corrected chi connectivity index (χ3v) is 4.87. The Morgan fingerprint density at radius 1 is 0.720 bits per heavy atom. The minimum Gasteiger partial charge on any atom is -0.481 e. The lowest BCUT2D eigenvalue weighted by molar-refractivity contribution is -0.148. The summed E-state index contributed by atoms with van der Waals surface area (Å²) in [7, 11) is 0. The number of hydrogen-bond donors (Lipinski definition) is 2. The molecule has 0 aromatic heterocycles. The monoisotopic (exact) mass is 358 g/mol. The van der Waals surface area contributed by atoms with Crippen molar-refractivity contribution < 1.29 is 19.8 Å². The molecule has 4 nitrogen and oxygen atoms in total. The molecule has 0 spiro atoms. The molecule has 0 saturated heterocycles. The van der Waals surface area contributed by atoms with Crippen LogP contribution >= 0.6 is 0 Å². The fourth-order valence-corrected chi connectivity index (χ4v) is 2.61. The Hall–Kier alpha value is -1.06. The zero-order valence-electron chi connectivity index (χ0n) is 17.1. The smallest absolute Gasteiger partial charge is 0.309 e. The van der Waals surface area contributed by atoms with Gasteiger partial charge < -0.3 is 10.2 Å². The lowest BCUT2D eigenvalue weighted by Gasteiger charge is -2.22. The largest absolute Gasteiger partial charge is 0.481 e. The van der Waals surface area contributed by atoms with Crippen LogP contribution in [0.25, 0.3) is 0 Å². The van der Waals surface area contributed by atoms with Gasteiger partial charge in [0.2, 0.25) is 0 Å². The van der Waals surface area contributed by atoms with Crippen LogP contribution in [-0.4, -0.2) is 22.2 Å². The Kier molecular flexibility index (Phi) is 18.6. The number of unbranched alkanes of at least 4 members (excludes halogenated alkanes) is 9. The molecule has 0 aromatic carbocycles. The quantitative estimate of drug-likeness (QED) is 0.321. The van der Waals surface area contributed by atoms with E-state index in [1.807, 2.05) is 13.8 Å². The Morgan fingerprint density at radius 2 is 1.16 bits per heavy atom. The van der Waals surface area contributed by atoms with Gasteiger partial charge in [-0.15, -0.1) is 0 Å². The third-order valence-electron chi connectivity index (χ3n) is 4.87. The number of hydrogen-bond acceptors (Lipinski definition) is 2. The predicted octanol–water partition coefficient (Wildman–Crippen LogP) is 6.67. The van der Waals surface area contributed by atoms with Crippen LogP contribution in [0.2, 0.25) is 0 Å².